The molecule has 3 rings (SSSR count). The normalized spacial score (nSPS) is 11.4. The van der Waals surface area contributed by atoms with E-state index in [9.17, 15) is 9.59 Å². The Morgan fingerprint density at radius 1 is 0.862 bits per heavy atom. The number of rotatable bonds is 7. The molecule has 5 heteroatoms. The molecule has 5 nitrogen and oxygen atoms in total. The van der Waals surface area contributed by atoms with Crippen molar-refractivity contribution < 1.29 is 14.3 Å². The maximum absolute atomic E-state index is 12.5. The van der Waals surface area contributed by atoms with Gasteiger partial charge in [0, 0.05) is 17.7 Å². The molecule has 0 heterocycles. The number of carbonyl (C=O) groups excluding carboxylic acids is 2. The summed E-state index contributed by atoms with van der Waals surface area (Å²) in [7, 11) is 0. The van der Waals surface area contributed by atoms with Crippen molar-refractivity contribution in [3.8, 4) is 11.5 Å². The van der Waals surface area contributed by atoms with Crippen LogP contribution >= 0.6 is 0 Å². The molecule has 0 fully saturated rings. The smallest absolute Gasteiger partial charge is 0.251 e. The van der Waals surface area contributed by atoms with Gasteiger partial charge in [-0.25, -0.2) is 0 Å². The van der Waals surface area contributed by atoms with Crippen LogP contribution in [0.15, 0.2) is 78.9 Å². The summed E-state index contributed by atoms with van der Waals surface area (Å²) in [5, 5.41) is 5.79. The molecule has 148 valence electrons. The first kappa shape index (κ1) is 20.1. The number of ether oxygens (including phenoxy) is 1. The molecule has 2 N–H and O–H groups in total. The van der Waals surface area contributed by atoms with Crippen LogP contribution in [-0.4, -0.2) is 11.8 Å². The Balaban J connectivity index is 1.58. The van der Waals surface area contributed by atoms with Crippen LogP contribution in [0.3, 0.4) is 0 Å². The van der Waals surface area contributed by atoms with Crippen LogP contribution in [0.25, 0.3) is 0 Å². The second kappa shape index (κ2) is 9.55. The minimum Gasteiger partial charge on any atom is -0.457 e. The van der Waals surface area contributed by atoms with Crippen molar-refractivity contribution in [1.29, 1.82) is 0 Å². The third kappa shape index (κ3) is 5.69. The van der Waals surface area contributed by atoms with Gasteiger partial charge in [-0.1, -0.05) is 37.3 Å². The lowest BCUT2D eigenvalue weighted by Gasteiger charge is -2.15. The molecular formula is C24H24N2O3. The molecule has 1 unspecified atom stereocenters. The van der Waals surface area contributed by atoms with E-state index in [-0.39, 0.29) is 17.9 Å². The Bertz CT molecular complexity index is 952. The first-order chi connectivity index (χ1) is 14.0. The van der Waals surface area contributed by atoms with Gasteiger partial charge in [-0.05, 0) is 61.0 Å². The lowest BCUT2D eigenvalue weighted by atomic mass is 10.1. The molecule has 0 aromatic heterocycles. The van der Waals surface area contributed by atoms with Gasteiger partial charge in [0.25, 0.3) is 5.91 Å². The first-order valence-electron chi connectivity index (χ1n) is 9.59. The van der Waals surface area contributed by atoms with Gasteiger partial charge < -0.3 is 15.4 Å². The van der Waals surface area contributed by atoms with Gasteiger partial charge in [-0.15, -0.1) is 0 Å². The second-order valence-corrected chi connectivity index (χ2v) is 6.66. The van der Waals surface area contributed by atoms with E-state index in [0.29, 0.717) is 17.7 Å². The first-order valence-corrected chi connectivity index (χ1v) is 9.59. The third-order valence-corrected chi connectivity index (χ3v) is 4.46. The van der Waals surface area contributed by atoms with Crippen molar-refractivity contribution >= 4 is 17.5 Å². The van der Waals surface area contributed by atoms with Crippen LogP contribution in [0, 0.1) is 0 Å². The highest BCUT2D eigenvalue weighted by molar-refractivity contribution is 5.94. The maximum Gasteiger partial charge on any atom is 0.251 e. The van der Waals surface area contributed by atoms with E-state index in [0.717, 1.165) is 17.0 Å². The summed E-state index contributed by atoms with van der Waals surface area (Å²) in [4.78, 5) is 24.0. The molecule has 3 aromatic rings. The van der Waals surface area contributed by atoms with Crippen LogP contribution in [0.2, 0.25) is 0 Å². The summed E-state index contributed by atoms with van der Waals surface area (Å²) in [5.41, 5.74) is 2.26. The Morgan fingerprint density at radius 3 is 2.10 bits per heavy atom. The number of para-hydroxylation sites is 1. The van der Waals surface area contributed by atoms with Crippen molar-refractivity contribution in [2.24, 2.45) is 0 Å². The van der Waals surface area contributed by atoms with Crippen molar-refractivity contribution in [2.75, 3.05) is 5.32 Å². The van der Waals surface area contributed by atoms with Gasteiger partial charge in [0.15, 0.2) is 0 Å². The molecule has 0 saturated heterocycles. The van der Waals surface area contributed by atoms with Crippen molar-refractivity contribution in [1.82, 2.24) is 5.32 Å². The molecule has 0 radical (unpaired) electrons. The van der Waals surface area contributed by atoms with Crippen LogP contribution in [0.1, 0.15) is 42.2 Å². The molecule has 1 atom stereocenters. The molecule has 0 aliphatic rings. The quantitative estimate of drug-likeness (QED) is 0.576. The lowest BCUT2D eigenvalue weighted by molar-refractivity contribution is -0.115. The highest BCUT2D eigenvalue weighted by atomic mass is 16.5. The topological polar surface area (TPSA) is 67.4 Å². The summed E-state index contributed by atoms with van der Waals surface area (Å²) in [6.07, 6.45) is 0.434. The van der Waals surface area contributed by atoms with E-state index in [1.807, 2.05) is 68.4 Å². The summed E-state index contributed by atoms with van der Waals surface area (Å²) in [5.74, 6) is 1.23. The predicted molar refractivity (Wildman–Crippen MR) is 114 cm³/mol. The molecule has 0 spiro atoms. The molecule has 0 aliphatic heterocycles. The number of benzene rings is 3. The van der Waals surface area contributed by atoms with Gasteiger partial charge >= 0.3 is 0 Å². The summed E-state index contributed by atoms with van der Waals surface area (Å²) < 4.78 is 5.75. The number of nitrogens with one attached hydrogen (secondary N) is 2. The second-order valence-electron chi connectivity index (χ2n) is 6.66. The Labute approximate surface area is 170 Å². The predicted octanol–water partition coefficient (Wildman–Crippen LogP) is 5.32. The van der Waals surface area contributed by atoms with Gasteiger partial charge in [-0.2, -0.15) is 0 Å². The van der Waals surface area contributed by atoms with Crippen LogP contribution in [0.4, 0.5) is 5.69 Å². The van der Waals surface area contributed by atoms with E-state index in [1.54, 1.807) is 24.3 Å². The Hall–Kier alpha value is -3.60. The zero-order chi connectivity index (χ0) is 20.6. The average Bonchev–Trinajstić information content (AvgIpc) is 2.75. The minimum absolute atomic E-state index is 0.0289. The number of anilines is 1. The molecule has 2 amide bonds. The number of hydrogen-bond donors (Lipinski definition) is 2. The van der Waals surface area contributed by atoms with Crippen LogP contribution < -0.4 is 15.4 Å². The molecular weight excluding hydrogens is 364 g/mol. The third-order valence-electron chi connectivity index (χ3n) is 4.46. The summed E-state index contributed by atoms with van der Waals surface area (Å²) in [6, 6.07) is 23.8. The maximum atomic E-state index is 12.5. The summed E-state index contributed by atoms with van der Waals surface area (Å²) in [6.45, 7) is 3.73. The number of hydrogen-bond acceptors (Lipinski definition) is 3. The average molecular weight is 388 g/mol. The molecule has 3 aromatic carbocycles. The van der Waals surface area contributed by atoms with E-state index < -0.39 is 0 Å². The fourth-order valence-electron chi connectivity index (χ4n) is 2.77. The van der Waals surface area contributed by atoms with E-state index in [4.69, 9.17) is 4.74 Å². The summed E-state index contributed by atoms with van der Waals surface area (Å²) >= 11 is 0. The fraction of sp³-hybridized carbons (Fsp3) is 0.167. The SMILES string of the molecule is CCC(=O)Nc1ccc(C(C)NC(=O)c2ccc(Oc3ccccc3)cc2)cc1. The zero-order valence-corrected chi connectivity index (χ0v) is 16.5. The largest absolute Gasteiger partial charge is 0.457 e. The van der Waals surface area contributed by atoms with Gasteiger partial charge in [0.05, 0.1) is 6.04 Å². The Morgan fingerprint density at radius 2 is 1.48 bits per heavy atom. The highest BCUT2D eigenvalue weighted by Gasteiger charge is 2.12. The van der Waals surface area contributed by atoms with Gasteiger partial charge in [0.2, 0.25) is 5.91 Å². The standard InChI is InChI=1S/C24H24N2O3/c1-3-23(27)26-20-13-9-18(10-14-20)17(2)25-24(28)19-11-15-22(16-12-19)29-21-7-5-4-6-8-21/h4-17H,3H2,1-2H3,(H,25,28)(H,26,27). The highest BCUT2D eigenvalue weighted by Crippen LogP contribution is 2.22. The van der Waals surface area contributed by atoms with E-state index >= 15 is 0 Å². The fourth-order valence-corrected chi connectivity index (χ4v) is 2.77. The van der Waals surface area contributed by atoms with E-state index in [1.165, 1.54) is 0 Å². The molecule has 0 bridgehead atoms. The zero-order valence-electron chi connectivity index (χ0n) is 16.5. The van der Waals surface area contributed by atoms with Crippen LogP contribution in [0.5, 0.6) is 11.5 Å². The molecule has 29 heavy (non-hydrogen) atoms. The molecule has 0 aliphatic carbocycles. The number of amides is 2. The van der Waals surface area contributed by atoms with Gasteiger partial charge in [0.1, 0.15) is 11.5 Å². The minimum atomic E-state index is -0.168. The monoisotopic (exact) mass is 388 g/mol. The van der Waals surface area contributed by atoms with Gasteiger partial charge in [-0.3, -0.25) is 9.59 Å². The lowest BCUT2D eigenvalue weighted by Crippen LogP contribution is -2.26. The number of carbonyl (C=O) groups is 2. The van der Waals surface area contributed by atoms with Crippen molar-refractivity contribution in [2.45, 2.75) is 26.3 Å². The Kier molecular flexibility index (Phi) is 6.63. The van der Waals surface area contributed by atoms with Crippen molar-refractivity contribution in [3.63, 3.8) is 0 Å². The van der Waals surface area contributed by atoms with Crippen LogP contribution in [-0.2, 0) is 4.79 Å². The molecule has 0 saturated carbocycles. The van der Waals surface area contributed by atoms with Crippen molar-refractivity contribution in [3.05, 3.63) is 90.0 Å². The van der Waals surface area contributed by atoms with E-state index in [2.05, 4.69) is 10.6 Å².